The molecule has 0 fully saturated rings. The molecule has 216 valence electrons. The molecule has 8 heteroatoms. The van der Waals surface area contributed by atoms with Gasteiger partial charge in [-0.15, -0.1) is 24.4 Å². The SMILES string of the molecule is C#CC#CC#CC#CC#CN=[N+]=[N-].C#CC#CC#CC#CC#Cn1cc(-c2ccccn2)nn1.C#Cc1ccccn1.[HH].[HH].[HH].[HH].[HH].[HH].[HH].[HH].[HH].[HH].[HH].[HH].[HH].[HH]. The van der Waals surface area contributed by atoms with Gasteiger partial charge in [-0.05, 0) is 106 Å². The molecule has 0 saturated heterocycles. The molecule has 0 spiro atoms. The van der Waals surface area contributed by atoms with E-state index in [4.69, 9.17) is 24.8 Å². The fourth-order valence-electron chi connectivity index (χ4n) is 1.94. The fraction of sp³-hybridized carbons (Fsp3) is 0. The molecule has 3 heterocycles. The van der Waals surface area contributed by atoms with Crippen molar-refractivity contribution in [2.45, 2.75) is 0 Å². The first-order chi connectivity index (χ1) is 20.7. The molecule has 0 saturated carbocycles. The normalized spacial score (nSPS) is 6.40. The van der Waals surface area contributed by atoms with Crippen LogP contribution in [-0.4, -0.2) is 25.0 Å². The van der Waals surface area contributed by atoms with Crippen molar-refractivity contribution < 1.29 is 20.0 Å². The Hall–Kier alpha value is -8.09. The summed E-state index contributed by atoms with van der Waals surface area (Å²) in [5.74, 6) is 40.4. The van der Waals surface area contributed by atoms with Crippen molar-refractivity contribution in [3.63, 3.8) is 0 Å². The lowest BCUT2D eigenvalue weighted by Gasteiger charge is -1.90. The zero-order chi connectivity index (χ0) is 30.4. The van der Waals surface area contributed by atoms with E-state index < -0.39 is 0 Å². The van der Waals surface area contributed by atoms with Gasteiger partial charge in [0.25, 0.3) is 0 Å². The standard InChI is InChI=1S/C17H6N4.C10HN3.C7H5N.14H2/c1-2-3-4-5-6-7-8-11-14-21-15-17(19-20-21)16-12-9-10-13-18-16;1-2-3-4-5-6-7-8-9-10-12-13-11;1-2-7-5-3-4-6-8-7;;;;;;;;;;;;;;/h1,9-10,12-13,15H;1H;1,3-6H;14*1H. The highest BCUT2D eigenvalue weighted by Crippen LogP contribution is 2.10. The van der Waals surface area contributed by atoms with Gasteiger partial charge in [0.2, 0.25) is 0 Å². The molecule has 42 heavy (non-hydrogen) atoms. The van der Waals surface area contributed by atoms with E-state index in [9.17, 15) is 0 Å². The molecule has 0 aliphatic rings. The Bertz CT molecular complexity index is 2100. The number of hydrogen-bond donors (Lipinski definition) is 0. The van der Waals surface area contributed by atoms with Gasteiger partial charge in [0.1, 0.15) is 11.4 Å². The first-order valence-electron chi connectivity index (χ1n) is 10.9. The summed E-state index contributed by atoms with van der Waals surface area (Å²) < 4.78 is 1.37. The minimum atomic E-state index is 0. The van der Waals surface area contributed by atoms with E-state index in [0.29, 0.717) is 11.4 Å². The molecular weight excluding hydrogens is 520 g/mol. The van der Waals surface area contributed by atoms with Gasteiger partial charge in [-0.25, -0.2) is 4.98 Å². The number of aromatic nitrogens is 5. The van der Waals surface area contributed by atoms with Gasteiger partial charge in [0.15, 0.2) is 0 Å². The van der Waals surface area contributed by atoms with Gasteiger partial charge < -0.3 is 0 Å². The van der Waals surface area contributed by atoms with Crippen LogP contribution >= 0.6 is 0 Å². The van der Waals surface area contributed by atoms with Crippen LogP contribution in [0.1, 0.15) is 25.7 Å². The van der Waals surface area contributed by atoms with Crippen molar-refractivity contribution in [3.8, 4) is 143 Å². The van der Waals surface area contributed by atoms with Crippen LogP contribution in [0.3, 0.4) is 0 Å². The minimum absolute atomic E-state index is 0. The van der Waals surface area contributed by atoms with Crippen LogP contribution in [0.2, 0.25) is 0 Å². The Balaban J connectivity index is -0.0000000376. The molecule has 0 aliphatic carbocycles. The average Bonchev–Trinajstić information content (AvgIpc) is 3.52. The predicted molar refractivity (Wildman–Crippen MR) is 189 cm³/mol. The molecular formula is C34H40N8. The molecule has 0 atom stereocenters. The molecule has 0 radical (unpaired) electrons. The summed E-state index contributed by atoms with van der Waals surface area (Å²) in [6.45, 7) is 0. The maximum atomic E-state index is 7.81. The van der Waals surface area contributed by atoms with Gasteiger partial charge in [-0.3, -0.25) is 4.98 Å². The Morgan fingerprint density at radius 2 is 1.26 bits per heavy atom. The van der Waals surface area contributed by atoms with Crippen molar-refractivity contribution in [2.24, 2.45) is 5.11 Å². The van der Waals surface area contributed by atoms with E-state index in [1.807, 2.05) is 30.3 Å². The molecule has 0 bridgehead atoms. The van der Waals surface area contributed by atoms with Crippen LogP contribution < -0.4 is 0 Å². The third kappa shape index (κ3) is 16.6. The number of pyridine rings is 2. The van der Waals surface area contributed by atoms with Crippen LogP contribution in [0, 0.1) is 132 Å². The van der Waals surface area contributed by atoms with Crippen LogP contribution in [-0.2, 0) is 0 Å². The molecule has 8 nitrogen and oxygen atoms in total. The Morgan fingerprint density at radius 3 is 1.76 bits per heavy atom. The predicted octanol–water partition coefficient (Wildman–Crippen LogP) is 6.20. The third-order valence-corrected chi connectivity index (χ3v) is 3.45. The monoisotopic (exact) mass is 560 g/mol. The van der Waals surface area contributed by atoms with Gasteiger partial charge in [-0.1, -0.05) is 23.3 Å². The highest BCUT2D eigenvalue weighted by Gasteiger charge is 2.02. The van der Waals surface area contributed by atoms with Crippen molar-refractivity contribution in [3.05, 3.63) is 71.1 Å². The second-order valence-corrected chi connectivity index (χ2v) is 6.07. The summed E-state index contributed by atoms with van der Waals surface area (Å²) >= 11 is 0. The molecule has 3 rings (SSSR count). The molecule has 0 aromatic carbocycles. The van der Waals surface area contributed by atoms with E-state index in [1.54, 1.807) is 24.7 Å². The quantitative estimate of drug-likeness (QED) is 0.153. The minimum Gasteiger partial charge on any atom is -0.254 e. The largest absolute Gasteiger partial charge is 0.254 e. The highest BCUT2D eigenvalue weighted by molar-refractivity contribution is 5.52. The number of azide groups is 1. The zero-order valence-electron chi connectivity index (χ0n) is 21.5. The van der Waals surface area contributed by atoms with Crippen molar-refractivity contribution in [1.29, 1.82) is 0 Å². The molecule has 0 unspecified atom stereocenters. The number of terminal acetylenes is 3. The lowest BCUT2D eigenvalue weighted by atomic mass is 10.3. The summed E-state index contributed by atoms with van der Waals surface area (Å²) in [5.41, 5.74) is 9.87. The second-order valence-electron chi connectivity index (χ2n) is 6.07. The van der Waals surface area contributed by atoms with E-state index in [-0.39, 0.29) is 20.0 Å². The number of hydrogen-bond acceptors (Lipinski definition) is 5. The topological polar surface area (TPSA) is 105 Å². The van der Waals surface area contributed by atoms with E-state index in [1.165, 1.54) is 4.68 Å². The zero-order valence-corrected chi connectivity index (χ0v) is 21.5. The summed E-state index contributed by atoms with van der Waals surface area (Å²) in [5, 5.41) is 10.8. The summed E-state index contributed by atoms with van der Waals surface area (Å²) in [6, 6.07) is 15.8. The van der Waals surface area contributed by atoms with E-state index >= 15 is 0 Å². The third-order valence-electron chi connectivity index (χ3n) is 3.45. The van der Waals surface area contributed by atoms with Crippen LogP contribution in [0.15, 0.2) is 60.1 Å². The van der Waals surface area contributed by atoms with Crippen LogP contribution in [0.25, 0.3) is 21.8 Å². The first kappa shape index (κ1) is 31.9. The summed E-state index contributed by atoms with van der Waals surface area (Å²) in [4.78, 5) is 10.4. The number of rotatable bonds is 1. The van der Waals surface area contributed by atoms with Gasteiger partial charge in [0.05, 0.1) is 17.9 Å². The lowest BCUT2D eigenvalue weighted by molar-refractivity contribution is 0.828. The smallest absolute Gasteiger partial charge is 0.132 e. The average molecular weight is 561 g/mol. The Kier molecular flexibility index (Phi) is 17.7. The van der Waals surface area contributed by atoms with Crippen LogP contribution in [0.5, 0.6) is 0 Å². The molecule has 3 aromatic heterocycles. The van der Waals surface area contributed by atoms with Gasteiger partial charge in [0, 0.05) is 67.0 Å². The van der Waals surface area contributed by atoms with Crippen molar-refractivity contribution >= 4 is 0 Å². The lowest BCUT2D eigenvalue weighted by Crippen LogP contribution is -1.87. The maximum Gasteiger partial charge on any atom is 0.132 e. The van der Waals surface area contributed by atoms with Gasteiger partial charge >= 0.3 is 0 Å². The number of nitrogens with zero attached hydrogens (tertiary/aromatic N) is 8. The summed E-state index contributed by atoms with van der Waals surface area (Å²) in [6.07, 6.45) is 19.8. The molecule has 0 amide bonds. The molecule has 3 aromatic rings. The van der Waals surface area contributed by atoms with E-state index in [0.717, 1.165) is 5.69 Å². The van der Waals surface area contributed by atoms with E-state index in [2.05, 4.69) is 143 Å². The molecule has 0 aliphatic heterocycles. The highest BCUT2D eigenvalue weighted by atomic mass is 15.4. The first-order valence-corrected chi connectivity index (χ1v) is 10.9. The van der Waals surface area contributed by atoms with Gasteiger partial charge in [-0.2, -0.15) is 4.68 Å². The van der Waals surface area contributed by atoms with Crippen LogP contribution in [0.4, 0.5) is 0 Å². The van der Waals surface area contributed by atoms with Crippen molar-refractivity contribution in [1.82, 2.24) is 25.0 Å². The Labute approximate surface area is 265 Å². The van der Waals surface area contributed by atoms with Crippen molar-refractivity contribution in [2.75, 3.05) is 0 Å². The molecule has 0 N–H and O–H groups in total. The maximum absolute atomic E-state index is 7.81. The summed E-state index contributed by atoms with van der Waals surface area (Å²) in [7, 11) is 0. The fourth-order valence-corrected chi connectivity index (χ4v) is 1.94. The Morgan fingerprint density at radius 1 is 0.690 bits per heavy atom. The second kappa shape index (κ2) is 23.3.